The first-order chi connectivity index (χ1) is 9.99. The van der Waals surface area contributed by atoms with Crippen molar-refractivity contribution in [3.05, 3.63) is 41.2 Å². The maximum atomic E-state index is 14.0. The van der Waals surface area contributed by atoms with E-state index in [1.165, 1.54) is 13.2 Å². The molecule has 0 saturated heterocycles. The van der Waals surface area contributed by atoms with Crippen molar-refractivity contribution in [2.24, 2.45) is 0 Å². The zero-order chi connectivity index (χ0) is 15.1. The summed E-state index contributed by atoms with van der Waals surface area (Å²) in [5.41, 5.74) is 10.1. The number of carbonyl (C=O) groups is 1. The highest BCUT2D eigenvalue weighted by Crippen LogP contribution is 2.38. The summed E-state index contributed by atoms with van der Waals surface area (Å²) >= 11 is 0. The van der Waals surface area contributed by atoms with E-state index in [-0.39, 0.29) is 18.1 Å². The molecule has 21 heavy (non-hydrogen) atoms. The standard InChI is InChI=1S/C16H15FN2O2/c1-8-3-11-10-6-12(17)15(21-2)4-9(10)5-16(20)19-14(11)7-13(8)18/h3-4,6-7H,5,18H2,1-2H3,(H,19,20). The number of hydrogen-bond acceptors (Lipinski definition) is 3. The van der Waals surface area contributed by atoms with Gasteiger partial charge in [-0.2, -0.15) is 0 Å². The van der Waals surface area contributed by atoms with Crippen LogP contribution in [0.3, 0.4) is 0 Å². The van der Waals surface area contributed by atoms with Crippen molar-refractivity contribution in [2.75, 3.05) is 18.2 Å². The number of aryl methyl sites for hydroxylation is 1. The molecule has 1 heterocycles. The van der Waals surface area contributed by atoms with E-state index >= 15 is 0 Å². The van der Waals surface area contributed by atoms with Crippen molar-refractivity contribution in [2.45, 2.75) is 13.3 Å². The summed E-state index contributed by atoms with van der Waals surface area (Å²) in [5.74, 6) is -0.477. The lowest BCUT2D eigenvalue weighted by Crippen LogP contribution is -2.13. The van der Waals surface area contributed by atoms with Crippen LogP contribution in [0.4, 0.5) is 15.8 Å². The Bertz CT molecular complexity index is 756. The Morgan fingerprint density at radius 1 is 1.24 bits per heavy atom. The number of halogens is 1. The van der Waals surface area contributed by atoms with E-state index < -0.39 is 5.82 Å². The Morgan fingerprint density at radius 2 is 2.00 bits per heavy atom. The molecule has 0 aromatic heterocycles. The van der Waals surface area contributed by atoms with Gasteiger partial charge in [-0.05, 0) is 47.9 Å². The number of anilines is 2. The van der Waals surface area contributed by atoms with Crippen LogP contribution in [0.25, 0.3) is 11.1 Å². The molecule has 4 nitrogen and oxygen atoms in total. The lowest BCUT2D eigenvalue weighted by molar-refractivity contribution is -0.115. The molecule has 0 fully saturated rings. The number of nitrogen functional groups attached to an aromatic ring is 1. The molecule has 1 aliphatic heterocycles. The molecule has 0 unspecified atom stereocenters. The minimum Gasteiger partial charge on any atom is -0.494 e. The van der Waals surface area contributed by atoms with E-state index in [1.807, 2.05) is 13.0 Å². The fraction of sp³-hybridized carbons (Fsp3) is 0.188. The molecule has 2 aromatic carbocycles. The van der Waals surface area contributed by atoms with Crippen molar-refractivity contribution in [3.63, 3.8) is 0 Å². The topological polar surface area (TPSA) is 64.3 Å². The summed E-state index contributed by atoms with van der Waals surface area (Å²) < 4.78 is 19.0. The van der Waals surface area contributed by atoms with Gasteiger partial charge in [0.2, 0.25) is 5.91 Å². The van der Waals surface area contributed by atoms with E-state index in [0.29, 0.717) is 16.9 Å². The molecule has 0 bridgehead atoms. The molecule has 0 aliphatic carbocycles. The van der Waals surface area contributed by atoms with E-state index in [1.54, 1.807) is 12.1 Å². The third-order valence-corrected chi connectivity index (χ3v) is 3.70. The molecule has 5 heteroatoms. The summed E-state index contributed by atoms with van der Waals surface area (Å²) in [6.45, 7) is 1.88. The number of benzene rings is 2. The molecule has 0 radical (unpaired) electrons. The third kappa shape index (κ3) is 2.20. The lowest BCUT2D eigenvalue weighted by atomic mass is 9.95. The van der Waals surface area contributed by atoms with Crippen LogP contribution in [0.5, 0.6) is 5.75 Å². The van der Waals surface area contributed by atoms with Gasteiger partial charge in [0.15, 0.2) is 11.6 Å². The van der Waals surface area contributed by atoms with Crippen LogP contribution < -0.4 is 15.8 Å². The molecule has 0 saturated carbocycles. The summed E-state index contributed by atoms with van der Waals surface area (Å²) in [7, 11) is 1.40. The van der Waals surface area contributed by atoms with Gasteiger partial charge in [-0.25, -0.2) is 4.39 Å². The molecule has 1 amide bonds. The highest BCUT2D eigenvalue weighted by molar-refractivity contribution is 6.01. The minimum atomic E-state index is -0.453. The Hall–Kier alpha value is -2.56. The van der Waals surface area contributed by atoms with E-state index in [9.17, 15) is 9.18 Å². The van der Waals surface area contributed by atoms with Crippen LogP contribution in [-0.4, -0.2) is 13.0 Å². The summed E-state index contributed by atoms with van der Waals surface area (Å²) in [4.78, 5) is 12.0. The van der Waals surface area contributed by atoms with Gasteiger partial charge in [0.25, 0.3) is 0 Å². The number of fused-ring (bicyclic) bond motifs is 3. The number of amides is 1. The molecular formula is C16H15FN2O2. The van der Waals surface area contributed by atoms with Crippen molar-refractivity contribution in [1.82, 2.24) is 0 Å². The average molecular weight is 286 g/mol. The Kier molecular flexibility index (Phi) is 3.05. The van der Waals surface area contributed by atoms with Crippen molar-refractivity contribution in [1.29, 1.82) is 0 Å². The Labute approximate surface area is 121 Å². The molecular weight excluding hydrogens is 271 g/mol. The first kappa shape index (κ1) is 13.4. The van der Waals surface area contributed by atoms with E-state index in [0.717, 1.165) is 16.7 Å². The smallest absolute Gasteiger partial charge is 0.228 e. The van der Waals surface area contributed by atoms with Crippen LogP contribution in [0.1, 0.15) is 11.1 Å². The summed E-state index contributed by atoms with van der Waals surface area (Å²) in [5, 5.41) is 2.81. The van der Waals surface area contributed by atoms with E-state index in [2.05, 4.69) is 5.32 Å². The number of methoxy groups -OCH3 is 1. The van der Waals surface area contributed by atoms with Gasteiger partial charge in [0, 0.05) is 11.3 Å². The number of rotatable bonds is 1. The zero-order valence-corrected chi connectivity index (χ0v) is 11.8. The largest absolute Gasteiger partial charge is 0.494 e. The second-order valence-electron chi connectivity index (χ2n) is 5.12. The molecule has 108 valence electrons. The van der Waals surface area contributed by atoms with Crippen molar-refractivity contribution in [3.8, 4) is 16.9 Å². The van der Waals surface area contributed by atoms with Crippen LogP contribution in [0.15, 0.2) is 24.3 Å². The number of nitrogens with two attached hydrogens (primary N) is 1. The molecule has 1 aliphatic rings. The van der Waals surface area contributed by atoms with Crippen LogP contribution in [0, 0.1) is 12.7 Å². The van der Waals surface area contributed by atoms with Gasteiger partial charge in [-0.1, -0.05) is 0 Å². The first-order valence-electron chi connectivity index (χ1n) is 6.56. The lowest BCUT2D eigenvalue weighted by Gasteiger charge is -2.13. The molecule has 3 N–H and O–H groups in total. The second kappa shape index (κ2) is 4.77. The average Bonchev–Trinajstić information content (AvgIpc) is 2.55. The van der Waals surface area contributed by atoms with Gasteiger partial charge in [0.05, 0.1) is 19.2 Å². The Balaban J connectivity index is 2.31. The molecule has 0 atom stereocenters. The van der Waals surface area contributed by atoms with Gasteiger partial charge in [0.1, 0.15) is 0 Å². The van der Waals surface area contributed by atoms with Gasteiger partial charge in [-0.3, -0.25) is 4.79 Å². The van der Waals surface area contributed by atoms with Crippen LogP contribution in [0.2, 0.25) is 0 Å². The van der Waals surface area contributed by atoms with Gasteiger partial charge in [-0.15, -0.1) is 0 Å². The molecule has 0 spiro atoms. The summed E-state index contributed by atoms with van der Waals surface area (Å²) in [6, 6.07) is 6.55. The van der Waals surface area contributed by atoms with Crippen molar-refractivity contribution >= 4 is 17.3 Å². The SMILES string of the molecule is COc1cc2c(cc1F)-c1cc(C)c(N)cc1NC(=O)C2. The maximum Gasteiger partial charge on any atom is 0.228 e. The fourth-order valence-corrected chi connectivity index (χ4v) is 2.57. The monoisotopic (exact) mass is 286 g/mol. The highest BCUT2D eigenvalue weighted by Gasteiger charge is 2.22. The predicted molar refractivity (Wildman–Crippen MR) is 79.9 cm³/mol. The first-order valence-corrected chi connectivity index (χ1v) is 6.56. The fourth-order valence-electron chi connectivity index (χ4n) is 2.57. The maximum absolute atomic E-state index is 14.0. The minimum absolute atomic E-state index is 0.136. The third-order valence-electron chi connectivity index (χ3n) is 3.70. The second-order valence-corrected chi connectivity index (χ2v) is 5.12. The molecule has 2 aromatic rings. The molecule has 3 rings (SSSR count). The summed E-state index contributed by atoms with van der Waals surface area (Å²) in [6.07, 6.45) is 0.166. The number of nitrogens with one attached hydrogen (secondary N) is 1. The highest BCUT2D eigenvalue weighted by atomic mass is 19.1. The normalized spacial score (nSPS) is 13.0. The predicted octanol–water partition coefficient (Wildman–Crippen LogP) is 2.89. The Morgan fingerprint density at radius 3 is 2.71 bits per heavy atom. The number of hydrogen-bond donors (Lipinski definition) is 2. The number of carbonyl (C=O) groups excluding carboxylic acids is 1. The quantitative estimate of drug-likeness (QED) is 0.792. The van der Waals surface area contributed by atoms with Crippen LogP contribution in [-0.2, 0) is 11.2 Å². The van der Waals surface area contributed by atoms with E-state index in [4.69, 9.17) is 10.5 Å². The van der Waals surface area contributed by atoms with Crippen molar-refractivity contribution < 1.29 is 13.9 Å². The van der Waals surface area contributed by atoms with Crippen LogP contribution >= 0.6 is 0 Å². The number of ether oxygens (including phenoxy) is 1. The van der Waals surface area contributed by atoms with Gasteiger partial charge < -0.3 is 15.8 Å². The van der Waals surface area contributed by atoms with Gasteiger partial charge >= 0.3 is 0 Å². The zero-order valence-electron chi connectivity index (χ0n) is 11.8.